The monoisotopic (exact) mass is 487 g/mol. The van der Waals surface area contributed by atoms with Crippen LogP contribution in [0, 0.1) is 0 Å². The Hall–Kier alpha value is -2.36. The molecule has 4 rings (SSSR count). The van der Waals surface area contributed by atoms with Crippen molar-refractivity contribution in [2.24, 2.45) is 0 Å². The molecule has 0 N–H and O–H groups in total. The van der Waals surface area contributed by atoms with E-state index in [-0.39, 0.29) is 35.0 Å². The number of carbonyl (C=O) groups is 2. The van der Waals surface area contributed by atoms with Gasteiger partial charge >= 0.3 is 0 Å². The highest BCUT2D eigenvalue weighted by Gasteiger charge is 2.32. The average molecular weight is 488 g/mol. The summed E-state index contributed by atoms with van der Waals surface area (Å²) in [7, 11) is -3.54. The lowest BCUT2D eigenvalue weighted by atomic mass is 10.2. The standard InChI is InChI=1S/C24H29N3O4S2/c1-18(2)26(15-19-8-4-3-5-9-19)23(28)16-27-21-11-10-20(14-22(21)32-17-24(27)29)33(30,31)25-12-6-7-13-25/h3-5,8-11,14,18H,6-7,12-13,15-17H2,1-2H3. The molecular weight excluding hydrogens is 458 g/mol. The first kappa shape index (κ1) is 23.8. The van der Waals surface area contributed by atoms with Gasteiger partial charge in [-0.05, 0) is 50.5 Å². The van der Waals surface area contributed by atoms with E-state index in [0.29, 0.717) is 30.2 Å². The quantitative estimate of drug-likeness (QED) is 0.599. The number of anilines is 1. The molecule has 2 aliphatic heterocycles. The summed E-state index contributed by atoms with van der Waals surface area (Å²) < 4.78 is 27.4. The van der Waals surface area contributed by atoms with E-state index in [4.69, 9.17) is 0 Å². The lowest BCUT2D eigenvalue weighted by Gasteiger charge is -2.33. The molecule has 2 heterocycles. The molecule has 0 saturated carbocycles. The molecule has 0 aromatic heterocycles. The fourth-order valence-corrected chi connectivity index (χ4v) is 6.75. The van der Waals surface area contributed by atoms with E-state index >= 15 is 0 Å². The number of fused-ring (bicyclic) bond motifs is 1. The first-order valence-electron chi connectivity index (χ1n) is 11.2. The summed E-state index contributed by atoms with van der Waals surface area (Å²) in [5.41, 5.74) is 1.62. The Kier molecular flexibility index (Phi) is 7.11. The van der Waals surface area contributed by atoms with Crippen molar-refractivity contribution in [3.63, 3.8) is 0 Å². The first-order valence-corrected chi connectivity index (χ1v) is 13.6. The van der Waals surface area contributed by atoms with Gasteiger partial charge in [-0.3, -0.25) is 9.59 Å². The highest BCUT2D eigenvalue weighted by atomic mass is 32.2. The molecule has 0 bridgehead atoms. The van der Waals surface area contributed by atoms with Gasteiger partial charge in [0.25, 0.3) is 0 Å². The van der Waals surface area contributed by atoms with Crippen LogP contribution in [-0.4, -0.2) is 60.9 Å². The van der Waals surface area contributed by atoms with E-state index in [1.165, 1.54) is 21.0 Å². The van der Waals surface area contributed by atoms with Crippen LogP contribution in [0.15, 0.2) is 58.3 Å². The molecule has 33 heavy (non-hydrogen) atoms. The van der Waals surface area contributed by atoms with Crippen LogP contribution in [0.4, 0.5) is 5.69 Å². The first-order chi connectivity index (χ1) is 15.8. The Labute approximate surface area is 199 Å². The number of amides is 2. The Balaban J connectivity index is 1.56. The number of benzene rings is 2. The zero-order valence-corrected chi connectivity index (χ0v) is 20.6. The molecule has 2 amide bonds. The van der Waals surface area contributed by atoms with Crippen molar-refractivity contribution in [2.45, 2.75) is 49.1 Å². The summed E-state index contributed by atoms with van der Waals surface area (Å²) in [6, 6.07) is 14.6. The van der Waals surface area contributed by atoms with Crippen LogP contribution in [0.3, 0.4) is 0 Å². The summed E-state index contributed by atoms with van der Waals surface area (Å²) in [5.74, 6) is -0.123. The molecule has 7 nitrogen and oxygen atoms in total. The second-order valence-electron chi connectivity index (χ2n) is 8.61. The van der Waals surface area contributed by atoms with Crippen LogP contribution < -0.4 is 4.90 Å². The molecule has 1 fully saturated rings. The topological polar surface area (TPSA) is 78.0 Å². The van der Waals surface area contributed by atoms with E-state index in [2.05, 4.69) is 0 Å². The van der Waals surface area contributed by atoms with Crippen molar-refractivity contribution in [1.29, 1.82) is 0 Å². The lowest BCUT2D eigenvalue weighted by Crippen LogP contribution is -2.46. The Bertz CT molecular complexity index is 1130. The maximum Gasteiger partial charge on any atom is 0.243 e. The second kappa shape index (κ2) is 9.87. The second-order valence-corrected chi connectivity index (χ2v) is 11.6. The van der Waals surface area contributed by atoms with Gasteiger partial charge in [0.2, 0.25) is 21.8 Å². The third-order valence-electron chi connectivity index (χ3n) is 6.01. The van der Waals surface area contributed by atoms with Gasteiger partial charge in [0.15, 0.2) is 0 Å². The van der Waals surface area contributed by atoms with Crippen molar-refractivity contribution in [3.8, 4) is 0 Å². The van der Waals surface area contributed by atoms with E-state index in [1.807, 2.05) is 44.2 Å². The number of rotatable bonds is 7. The molecule has 0 unspecified atom stereocenters. The third-order valence-corrected chi connectivity index (χ3v) is 8.93. The molecule has 2 aromatic carbocycles. The van der Waals surface area contributed by atoms with Crippen molar-refractivity contribution < 1.29 is 18.0 Å². The van der Waals surface area contributed by atoms with Gasteiger partial charge < -0.3 is 9.80 Å². The summed E-state index contributed by atoms with van der Waals surface area (Å²) in [4.78, 5) is 30.2. The molecule has 2 aliphatic rings. The summed E-state index contributed by atoms with van der Waals surface area (Å²) in [6.45, 7) is 5.39. The maximum atomic E-state index is 13.2. The summed E-state index contributed by atoms with van der Waals surface area (Å²) >= 11 is 1.32. The van der Waals surface area contributed by atoms with E-state index in [0.717, 1.165) is 18.4 Å². The molecular formula is C24H29N3O4S2. The number of hydrogen-bond acceptors (Lipinski definition) is 5. The number of carbonyl (C=O) groups excluding carboxylic acids is 2. The average Bonchev–Trinajstić information content (AvgIpc) is 3.35. The van der Waals surface area contributed by atoms with Gasteiger partial charge in [-0.25, -0.2) is 8.42 Å². The van der Waals surface area contributed by atoms with Gasteiger partial charge in [0.05, 0.1) is 16.3 Å². The Morgan fingerprint density at radius 3 is 2.45 bits per heavy atom. The number of nitrogens with zero attached hydrogens (tertiary/aromatic N) is 3. The van der Waals surface area contributed by atoms with Crippen LogP contribution in [0.5, 0.6) is 0 Å². The van der Waals surface area contributed by atoms with Gasteiger partial charge in [-0.15, -0.1) is 11.8 Å². The summed E-state index contributed by atoms with van der Waals surface area (Å²) in [5, 5.41) is 0. The minimum absolute atomic E-state index is 0.0283. The molecule has 0 atom stereocenters. The van der Waals surface area contributed by atoms with Crippen LogP contribution >= 0.6 is 11.8 Å². The van der Waals surface area contributed by atoms with Crippen molar-refractivity contribution in [3.05, 3.63) is 54.1 Å². The van der Waals surface area contributed by atoms with E-state index in [1.54, 1.807) is 23.1 Å². The van der Waals surface area contributed by atoms with Crippen LogP contribution in [0.2, 0.25) is 0 Å². The fourth-order valence-electron chi connectivity index (χ4n) is 4.16. The van der Waals surface area contributed by atoms with E-state index in [9.17, 15) is 18.0 Å². The van der Waals surface area contributed by atoms with Crippen LogP contribution in [0.1, 0.15) is 32.3 Å². The smallest absolute Gasteiger partial charge is 0.243 e. The highest BCUT2D eigenvalue weighted by molar-refractivity contribution is 8.00. The number of hydrogen-bond donors (Lipinski definition) is 0. The molecule has 0 aliphatic carbocycles. The fraction of sp³-hybridized carbons (Fsp3) is 0.417. The zero-order valence-electron chi connectivity index (χ0n) is 18.9. The molecule has 9 heteroatoms. The molecule has 0 radical (unpaired) electrons. The lowest BCUT2D eigenvalue weighted by molar-refractivity contribution is -0.133. The van der Waals surface area contributed by atoms with Crippen LogP contribution in [-0.2, 0) is 26.2 Å². The zero-order chi connectivity index (χ0) is 23.6. The van der Waals surface area contributed by atoms with E-state index < -0.39 is 10.0 Å². The molecule has 1 saturated heterocycles. The minimum Gasteiger partial charge on any atom is -0.334 e. The molecule has 176 valence electrons. The SMILES string of the molecule is CC(C)N(Cc1ccccc1)C(=O)CN1C(=O)CSc2cc(S(=O)(=O)N3CCCC3)ccc21. The van der Waals surface area contributed by atoms with Gasteiger partial charge in [-0.2, -0.15) is 4.31 Å². The predicted molar refractivity (Wildman–Crippen MR) is 130 cm³/mol. The predicted octanol–water partition coefficient (Wildman–Crippen LogP) is 3.35. The molecule has 0 spiro atoms. The maximum absolute atomic E-state index is 13.2. The largest absolute Gasteiger partial charge is 0.334 e. The Morgan fingerprint density at radius 1 is 1.09 bits per heavy atom. The normalized spacial score (nSPS) is 16.8. The summed E-state index contributed by atoms with van der Waals surface area (Å²) in [6.07, 6.45) is 1.75. The van der Waals surface area contributed by atoms with Crippen molar-refractivity contribution in [2.75, 3.05) is 30.3 Å². The minimum atomic E-state index is -3.54. The van der Waals surface area contributed by atoms with Crippen LogP contribution in [0.25, 0.3) is 0 Å². The number of sulfonamides is 1. The van der Waals surface area contributed by atoms with Gasteiger partial charge in [-0.1, -0.05) is 30.3 Å². The van der Waals surface area contributed by atoms with Gasteiger partial charge in [0.1, 0.15) is 6.54 Å². The Morgan fingerprint density at radius 2 is 1.79 bits per heavy atom. The number of thioether (sulfide) groups is 1. The van der Waals surface area contributed by atoms with Gasteiger partial charge in [0, 0.05) is 30.6 Å². The third kappa shape index (κ3) is 5.10. The molecule has 2 aromatic rings. The van der Waals surface area contributed by atoms with Crippen molar-refractivity contribution in [1.82, 2.24) is 9.21 Å². The highest BCUT2D eigenvalue weighted by Crippen LogP contribution is 2.37. The van der Waals surface area contributed by atoms with Crippen molar-refractivity contribution >= 4 is 39.3 Å².